The molecule has 0 atom stereocenters. The van der Waals surface area contributed by atoms with Gasteiger partial charge < -0.3 is 15.0 Å². The van der Waals surface area contributed by atoms with Crippen molar-refractivity contribution in [3.05, 3.63) is 59.8 Å². The Kier molecular flexibility index (Phi) is 3.55. The van der Waals surface area contributed by atoms with Crippen LogP contribution in [0.4, 0.5) is 0 Å². The van der Waals surface area contributed by atoms with Crippen LogP contribution in [0.1, 0.15) is 11.3 Å². The zero-order valence-corrected chi connectivity index (χ0v) is 11.3. The summed E-state index contributed by atoms with van der Waals surface area (Å²) >= 11 is 0. The van der Waals surface area contributed by atoms with Gasteiger partial charge in [0.2, 0.25) is 0 Å². The molecule has 106 valence electrons. The smallest absolute Gasteiger partial charge is 0.255 e. The molecular formula is C16H14N2O3. The highest BCUT2D eigenvalue weighted by Crippen LogP contribution is 2.25. The van der Waals surface area contributed by atoms with Crippen LogP contribution in [0, 0.1) is 0 Å². The topological polar surface area (TPSA) is 78.4 Å². The molecule has 1 heterocycles. The highest BCUT2D eigenvalue weighted by molar-refractivity contribution is 5.81. The molecule has 2 N–H and O–H groups in total. The number of hydrogen-bond acceptors (Lipinski definition) is 4. The Labute approximate surface area is 121 Å². The third kappa shape index (κ3) is 3.02. The fourth-order valence-corrected chi connectivity index (χ4v) is 2.13. The quantitative estimate of drug-likeness (QED) is 0.778. The Hall–Kier alpha value is -2.82. The normalized spacial score (nSPS) is 10.7. The molecule has 0 unspecified atom stereocenters. The first kappa shape index (κ1) is 13.2. The van der Waals surface area contributed by atoms with E-state index in [0.717, 1.165) is 11.1 Å². The van der Waals surface area contributed by atoms with E-state index in [1.54, 1.807) is 12.1 Å². The van der Waals surface area contributed by atoms with Crippen LogP contribution < -0.4 is 10.5 Å². The van der Waals surface area contributed by atoms with E-state index >= 15 is 0 Å². The number of amides is 1. The van der Waals surface area contributed by atoms with Crippen molar-refractivity contribution in [2.75, 3.05) is 6.61 Å². The number of benzene rings is 2. The first-order chi connectivity index (χ1) is 10.2. The lowest BCUT2D eigenvalue weighted by atomic mass is 10.1. The van der Waals surface area contributed by atoms with Crippen molar-refractivity contribution in [1.82, 2.24) is 5.16 Å². The molecule has 0 aliphatic rings. The Morgan fingerprint density at radius 3 is 2.76 bits per heavy atom. The van der Waals surface area contributed by atoms with Gasteiger partial charge in [0.05, 0.1) is 5.69 Å². The maximum Gasteiger partial charge on any atom is 0.255 e. The number of aromatic nitrogens is 1. The van der Waals surface area contributed by atoms with Crippen LogP contribution in [0.2, 0.25) is 0 Å². The van der Waals surface area contributed by atoms with Gasteiger partial charge in [-0.25, -0.2) is 0 Å². The fraction of sp³-hybridized carbons (Fsp3) is 0.125. The van der Waals surface area contributed by atoms with Gasteiger partial charge in [-0.05, 0) is 17.7 Å². The largest absolute Gasteiger partial charge is 0.484 e. The van der Waals surface area contributed by atoms with Crippen LogP contribution in [0.25, 0.3) is 11.0 Å². The van der Waals surface area contributed by atoms with Gasteiger partial charge >= 0.3 is 0 Å². The van der Waals surface area contributed by atoms with E-state index in [-0.39, 0.29) is 6.61 Å². The van der Waals surface area contributed by atoms with Gasteiger partial charge in [0.25, 0.3) is 5.91 Å². The van der Waals surface area contributed by atoms with E-state index in [0.29, 0.717) is 17.8 Å². The second-order valence-electron chi connectivity index (χ2n) is 4.70. The van der Waals surface area contributed by atoms with Gasteiger partial charge in [-0.2, -0.15) is 0 Å². The third-order valence-electron chi connectivity index (χ3n) is 3.11. The minimum atomic E-state index is -0.516. The molecule has 5 nitrogen and oxygen atoms in total. The number of ether oxygens (including phenoxy) is 1. The average Bonchev–Trinajstić information content (AvgIpc) is 2.89. The molecule has 0 bridgehead atoms. The summed E-state index contributed by atoms with van der Waals surface area (Å²) in [7, 11) is 0. The second-order valence-corrected chi connectivity index (χ2v) is 4.70. The number of carbonyl (C=O) groups is 1. The van der Waals surface area contributed by atoms with Crippen molar-refractivity contribution in [2.45, 2.75) is 6.42 Å². The molecule has 0 saturated carbocycles. The lowest BCUT2D eigenvalue weighted by Gasteiger charge is -2.02. The fourth-order valence-electron chi connectivity index (χ4n) is 2.13. The van der Waals surface area contributed by atoms with Crippen LogP contribution in [0.15, 0.2) is 53.1 Å². The molecule has 0 radical (unpaired) electrons. The van der Waals surface area contributed by atoms with E-state index in [1.165, 1.54) is 5.56 Å². The standard InChI is InChI=1S/C16H14N2O3/c17-16(19)10-20-12-6-7-13-14(18-21-15(13)9-12)8-11-4-2-1-3-5-11/h1-7,9H,8,10H2,(H2,17,19). The first-order valence-corrected chi connectivity index (χ1v) is 6.56. The van der Waals surface area contributed by atoms with Gasteiger partial charge in [0.1, 0.15) is 5.75 Å². The van der Waals surface area contributed by atoms with E-state index in [9.17, 15) is 4.79 Å². The zero-order valence-electron chi connectivity index (χ0n) is 11.3. The summed E-state index contributed by atoms with van der Waals surface area (Å²) in [6.45, 7) is -0.156. The lowest BCUT2D eigenvalue weighted by Crippen LogP contribution is -2.19. The molecule has 0 spiro atoms. The van der Waals surface area contributed by atoms with E-state index in [1.807, 2.05) is 36.4 Å². The summed E-state index contributed by atoms with van der Waals surface area (Å²) in [5.74, 6) is 0.0149. The molecule has 0 fully saturated rings. The molecular weight excluding hydrogens is 268 g/mol. The minimum absolute atomic E-state index is 0.156. The maximum absolute atomic E-state index is 10.7. The number of nitrogens with two attached hydrogens (primary N) is 1. The Morgan fingerprint density at radius 2 is 2.00 bits per heavy atom. The molecule has 21 heavy (non-hydrogen) atoms. The number of nitrogens with zero attached hydrogens (tertiary/aromatic N) is 1. The Balaban J connectivity index is 1.84. The SMILES string of the molecule is NC(=O)COc1ccc2c(Cc3ccccc3)noc2c1. The minimum Gasteiger partial charge on any atom is -0.484 e. The van der Waals surface area contributed by atoms with Gasteiger partial charge in [-0.1, -0.05) is 35.5 Å². The summed E-state index contributed by atoms with van der Waals surface area (Å²) in [4.78, 5) is 10.7. The monoisotopic (exact) mass is 282 g/mol. The van der Waals surface area contributed by atoms with E-state index in [4.69, 9.17) is 15.0 Å². The van der Waals surface area contributed by atoms with Crippen molar-refractivity contribution in [3.8, 4) is 5.75 Å². The highest BCUT2D eigenvalue weighted by atomic mass is 16.5. The Bertz CT molecular complexity index is 766. The Morgan fingerprint density at radius 1 is 1.19 bits per heavy atom. The average molecular weight is 282 g/mol. The van der Waals surface area contributed by atoms with Crippen molar-refractivity contribution < 1.29 is 14.1 Å². The van der Waals surface area contributed by atoms with E-state index < -0.39 is 5.91 Å². The van der Waals surface area contributed by atoms with Crippen LogP contribution in [0.3, 0.4) is 0 Å². The third-order valence-corrected chi connectivity index (χ3v) is 3.11. The highest BCUT2D eigenvalue weighted by Gasteiger charge is 2.10. The van der Waals surface area contributed by atoms with Gasteiger partial charge in [-0.3, -0.25) is 4.79 Å². The predicted molar refractivity (Wildman–Crippen MR) is 77.9 cm³/mol. The van der Waals surface area contributed by atoms with Crippen molar-refractivity contribution in [1.29, 1.82) is 0 Å². The van der Waals surface area contributed by atoms with Crippen LogP contribution >= 0.6 is 0 Å². The zero-order chi connectivity index (χ0) is 14.7. The predicted octanol–water partition coefficient (Wildman–Crippen LogP) is 2.28. The second kappa shape index (κ2) is 5.66. The summed E-state index contributed by atoms with van der Waals surface area (Å²) in [6.07, 6.45) is 0.704. The summed E-state index contributed by atoms with van der Waals surface area (Å²) in [5, 5.41) is 5.04. The lowest BCUT2D eigenvalue weighted by molar-refractivity contribution is -0.119. The van der Waals surface area contributed by atoms with Crippen molar-refractivity contribution in [2.24, 2.45) is 5.73 Å². The van der Waals surface area contributed by atoms with Gasteiger partial charge in [-0.15, -0.1) is 0 Å². The van der Waals surface area contributed by atoms with Crippen molar-refractivity contribution in [3.63, 3.8) is 0 Å². The van der Waals surface area contributed by atoms with Gasteiger partial charge in [0.15, 0.2) is 12.2 Å². The summed E-state index contributed by atoms with van der Waals surface area (Å²) in [5.41, 5.74) is 7.71. The molecule has 2 aromatic carbocycles. The van der Waals surface area contributed by atoms with Crippen LogP contribution in [-0.4, -0.2) is 17.7 Å². The summed E-state index contributed by atoms with van der Waals surface area (Å²) in [6, 6.07) is 15.4. The molecule has 1 aromatic heterocycles. The molecule has 5 heteroatoms. The molecule has 0 aliphatic heterocycles. The number of fused-ring (bicyclic) bond motifs is 1. The number of primary amides is 1. The van der Waals surface area contributed by atoms with Crippen LogP contribution in [0.5, 0.6) is 5.75 Å². The van der Waals surface area contributed by atoms with Crippen molar-refractivity contribution >= 4 is 16.9 Å². The molecule has 3 rings (SSSR count). The van der Waals surface area contributed by atoms with E-state index in [2.05, 4.69) is 5.16 Å². The number of carbonyl (C=O) groups excluding carboxylic acids is 1. The first-order valence-electron chi connectivity index (χ1n) is 6.56. The maximum atomic E-state index is 10.7. The molecule has 0 saturated heterocycles. The number of hydrogen-bond donors (Lipinski definition) is 1. The van der Waals surface area contributed by atoms with Crippen LogP contribution in [-0.2, 0) is 11.2 Å². The van der Waals surface area contributed by atoms with Gasteiger partial charge in [0, 0.05) is 17.9 Å². The number of rotatable bonds is 5. The molecule has 1 amide bonds. The molecule has 3 aromatic rings. The summed E-state index contributed by atoms with van der Waals surface area (Å²) < 4.78 is 10.6. The molecule has 0 aliphatic carbocycles.